The van der Waals surface area contributed by atoms with E-state index in [1.165, 1.54) is 0 Å². The van der Waals surface area contributed by atoms with E-state index in [-0.39, 0.29) is 5.91 Å². The van der Waals surface area contributed by atoms with Gasteiger partial charge in [-0.3, -0.25) is 4.79 Å². The Labute approximate surface area is 191 Å². The van der Waals surface area contributed by atoms with Crippen LogP contribution in [0.5, 0.6) is 17.2 Å². The topological polar surface area (TPSA) is 48.0 Å². The van der Waals surface area contributed by atoms with Crippen LogP contribution < -0.4 is 14.2 Å². The predicted molar refractivity (Wildman–Crippen MR) is 125 cm³/mol. The average Bonchev–Trinajstić information content (AvgIpc) is 2.80. The highest BCUT2D eigenvalue weighted by Crippen LogP contribution is 2.38. The van der Waals surface area contributed by atoms with Gasteiger partial charge in [0.2, 0.25) is 5.91 Å². The van der Waals surface area contributed by atoms with Crippen LogP contribution in [0.4, 0.5) is 0 Å². The van der Waals surface area contributed by atoms with E-state index in [0.717, 1.165) is 26.9 Å². The molecule has 0 atom stereocenters. The first-order valence-corrected chi connectivity index (χ1v) is 10.7. The third kappa shape index (κ3) is 6.01. The maximum atomic E-state index is 12.7. The van der Waals surface area contributed by atoms with Crippen LogP contribution in [0.15, 0.2) is 71.2 Å². The highest BCUT2D eigenvalue weighted by molar-refractivity contribution is 9.10. The van der Waals surface area contributed by atoms with E-state index in [1.807, 2.05) is 66.7 Å². The normalized spacial score (nSPS) is 10.5. The number of likely N-dealkylation sites (N-methyl/N-ethyl adjacent to an activating group) is 1. The molecule has 0 radical (unpaired) electrons. The zero-order valence-corrected chi connectivity index (χ0v) is 19.5. The van der Waals surface area contributed by atoms with Crippen LogP contribution >= 0.6 is 15.9 Å². The molecule has 0 saturated carbocycles. The Morgan fingerprint density at radius 3 is 2.26 bits per heavy atom. The monoisotopic (exact) mass is 483 g/mol. The number of amides is 1. The number of benzene rings is 3. The van der Waals surface area contributed by atoms with E-state index in [0.29, 0.717) is 31.1 Å². The van der Waals surface area contributed by atoms with E-state index >= 15 is 0 Å². The van der Waals surface area contributed by atoms with Gasteiger partial charge in [-0.15, -0.1) is 0 Å². The van der Waals surface area contributed by atoms with Crippen molar-refractivity contribution in [3.05, 3.63) is 87.9 Å². The lowest BCUT2D eigenvalue weighted by Crippen LogP contribution is -2.27. The molecule has 0 heterocycles. The summed E-state index contributed by atoms with van der Waals surface area (Å²) < 4.78 is 17.5. The number of hydrogen-bond acceptors (Lipinski definition) is 4. The third-order valence-corrected chi connectivity index (χ3v) is 5.80. The van der Waals surface area contributed by atoms with Crippen LogP contribution in [0.3, 0.4) is 0 Å². The summed E-state index contributed by atoms with van der Waals surface area (Å²) in [5.41, 5.74) is 2.95. The van der Waals surface area contributed by atoms with Crippen LogP contribution in [0, 0.1) is 0 Å². The van der Waals surface area contributed by atoms with Crippen molar-refractivity contribution in [1.29, 1.82) is 0 Å². The van der Waals surface area contributed by atoms with Crippen molar-refractivity contribution in [3.63, 3.8) is 0 Å². The van der Waals surface area contributed by atoms with Crippen molar-refractivity contribution in [1.82, 2.24) is 4.90 Å². The molecule has 3 aromatic rings. The summed E-state index contributed by atoms with van der Waals surface area (Å²) in [6, 6.07) is 21.3. The maximum Gasteiger partial charge on any atom is 0.227 e. The molecule has 6 heteroatoms. The molecule has 0 aliphatic rings. The average molecular weight is 484 g/mol. The van der Waals surface area contributed by atoms with Crippen molar-refractivity contribution >= 4 is 21.8 Å². The molecule has 0 N–H and O–H groups in total. The molecule has 0 aliphatic heterocycles. The SMILES string of the molecule is COc1ccc(CC(=O)N(C)Cc2ccc(OC)c(OCc3ccccc3)c2Br)cc1. The molecule has 3 aromatic carbocycles. The van der Waals surface area contributed by atoms with Gasteiger partial charge in [-0.05, 0) is 50.8 Å². The Kier molecular flexibility index (Phi) is 7.95. The van der Waals surface area contributed by atoms with Gasteiger partial charge >= 0.3 is 0 Å². The van der Waals surface area contributed by atoms with Gasteiger partial charge in [-0.25, -0.2) is 0 Å². The fourth-order valence-electron chi connectivity index (χ4n) is 3.12. The Morgan fingerprint density at radius 1 is 0.903 bits per heavy atom. The van der Waals surface area contributed by atoms with Crippen LogP contribution in [-0.4, -0.2) is 32.1 Å². The van der Waals surface area contributed by atoms with Crippen LogP contribution in [0.1, 0.15) is 16.7 Å². The second-order valence-electron chi connectivity index (χ2n) is 7.12. The molecular weight excluding hydrogens is 458 g/mol. The number of nitrogens with zero attached hydrogens (tertiary/aromatic N) is 1. The molecule has 3 rings (SSSR count). The highest BCUT2D eigenvalue weighted by Gasteiger charge is 2.17. The Bertz CT molecular complexity index is 1010. The van der Waals surface area contributed by atoms with E-state index < -0.39 is 0 Å². The summed E-state index contributed by atoms with van der Waals surface area (Å²) >= 11 is 3.65. The minimum absolute atomic E-state index is 0.0274. The molecule has 0 saturated heterocycles. The number of ether oxygens (including phenoxy) is 3. The van der Waals surface area contributed by atoms with Crippen molar-refractivity contribution in [3.8, 4) is 17.2 Å². The smallest absolute Gasteiger partial charge is 0.227 e. The maximum absolute atomic E-state index is 12.7. The van der Waals surface area contributed by atoms with E-state index in [1.54, 1.807) is 26.2 Å². The number of hydrogen-bond donors (Lipinski definition) is 0. The largest absolute Gasteiger partial charge is 0.497 e. The van der Waals surface area contributed by atoms with Crippen LogP contribution in [-0.2, 0) is 24.4 Å². The number of carbonyl (C=O) groups excluding carboxylic acids is 1. The molecule has 5 nitrogen and oxygen atoms in total. The summed E-state index contributed by atoms with van der Waals surface area (Å²) in [7, 11) is 5.03. The summed E-state index contributed by atoms with van der Waals surface area (Å²) in [6.07, 6.45) is 0.325. The second kappa shape index (κ2) is 10.9. The molecular formula is C25H26BrNO4. The van der Waals surface area contributed by atoms with Crippen molar-refractivity contribution in [2.24, 2.45) is 0 Å². The zero-order chi connectivity index (χ0) is 22.2. The fourth-order valence-corrected chi connectivity index (χ4v) is 3.69. The zero-order valence-electron chi connectivity index (χ0n) is 17.9. The first kappa shape index (κ1) is 22.7. The number of methoxy groups -OCH3 is 2. The fraction of sp³-hybridized carbons (Fsp3) is 0.240. The molecule has 0 aromatic heterocycles. The van der Waals surface area contributed by atoms with E-state index in [9.17, 15) is 4.79 Å². The first-order valence-electron chi connectivity index (χ1n) is 9.90. The summed E-state index contributed by atoms with van der Waals surface area (Å²) in [5, 5.41) is 0. The molecule has 0 bridgehead atoms. The minimum atomic E-state index is 0.0274. The van der Waals surface area contributed by atoms with E-state index in [2.05, 4.69) is 15.9 Å². The number of rotatable bonds is 9. The Balaban J connectivity index is 1.70. The van der Waals surface area contributed by atoms with E-state index in [4.69, 9.17) is 14.2 Å². The molecule has 31 heavy (non-hydrogen) atoms. The highest BCUT2D eigenvalue weighted by atomic mass is 79.9. The van der Waals surface area contributed by atoms with Gasteiger partial charge in [0.05, 0.1) is 25.1 Å². The second-order valence-corrected chi connectivity index (χ2v) is 7.91. The molecule has 162 valence electrons. The number of halogens is 1. The van der Waals surface area contributed by atoms with Gasteiger partial charge in [0, 0.05) is 13.6 Å². The van der Waals surface area contributed by atoms with Crippen molar-refractivity contribution in [2.75, 3.05) is 21.3 Å². The van der Waals surface area contributed by atoms with Gasteiger partial charge in [-0.1, -0.05) is 48.5 Å². The van der Waals surface area contributed by atoms with Gasteiger partial charge in [0.15, 0.2) is 11.5 Å². The standard InChI is InChI=1S/C25H26BrNO4/c1-27(23(28)15-18-9-12-21(29-2)13-10-18)16-20-11-14-22(30-3)25(24(20)26)31-17-19-7-5-4-6-8-19/h4-14H,15-17H2,1-3H3. The van der Waals surface area contributed by atoms with Gasteiger partial charge in [0.25, 0.3) is 0 Å². The predicted octanol–water partition coefficient (Wildman–Crippen LogP) is 5.25. The molecule has 0 spiro atoms. The first-order chi connectivity index (χ1) is 15.0. The van der Waals surface area contributed by atoms with Gasteiger partial charge in [-0.2, -0.15) is 0 Å². The van der Waals surface area contributed by atoms with Gasteiger partial charge in [0.1, 0.15) is 12.4 Å². The van der Waals surface area contributed by atoms with Crippen molar-refractivity contribution < 1.29 is 19.0 Å². The number of carbonyl (C=O) groups is 1. The molecule has 1 amide bonds. The lowest BCUT2D eigenvalue weighted by Gasteiger charge is -2.20. The molecule has 0 aliphatic carbocycles. The molecule has 0 fully saturated rings. The molecule has 0 unspecified atom stereocenters. The van der Waals surface area contributed by atoms with Crippen LogP contribution in [0.25, 0.3) is 0 Å². The minimum Gasteiger partial charge on any atom is -0.497 e. The quantitative estimate of drug-likeness (QED) is 0.417. The van der Waals surface area contributed by atoms with Crippen LogP contribution in [0.2, 0.25) is 0 Å². The van der Waals surface area contributed by atoms with Gasteiger partial charge < -0.3 is 19.1 Å². The lowest BCUT2D eigenvalue weighted by molar-refractivity contribution is -0.129. The summed E-state index contributed by atoms with van der Waals surface area (Å²) in [6.45, 7) is 0.868. The summed E-state index contributed by atoms with van der Waals surface area (Å²) in [4.78, 5) is 14.4. The Hall–Kier alpha value is -2.99. The lowest BCUT2D eigenvalue weighted by atomic mass is 10.1. The summed E-state index contributed by atoms with van der Waals surface area (Å²) in [5.74, 6) is 2.06. The Morgan fingerprint density at radius 2 is 1.61 bits per heavy atom. The van der Waals surface area contributed by atoms with Crippen molar-refractivity contribution in [2.45, 2.75) is 19.6 Å². The third-order valence-electron chi connectivity index (χ3n) is 4.93.